The predicted octanol–water partition coefficient (Wildman–Crippen LogP) is 3.22. The largest absolute Gasteiger partial charge is 0.396 e. The minimum atomic E-state index is -0.157. The second-order valence-corrected chi connectivity index (χ2v) is 6.65. The lowest BCUT2D eigenvalue weighted by Crippen LogP contribution is -2.13. The standard InChI is InChI=1S/C7H16O.C6H14O/c1-6(8)5-7(2,3)4;1-6(2,3)4-5-7/h6,8H,5H2,1-4H3;7H,4-5H2,1-3H3. The zero-order valence-electron chi connectivity index (χ0n) is 11.6. The Morgan fingerprint density at radius 1 is 0.933 bits per heavy atom. The summed E-state index contributed by atoms with van der Waals surface area (Å²) >= 11 is 0. The predicted molar refractivity (Wildman–Crippen MR) is 66.9 cm³/mol. The topological polar surface area (TPSA) is 40.5 Å². The Balaban J connectivity index is 0. The quantitative estimate of drug-likeness (QED) is 0.747. The van der Waals surface area contributed by atoms with E-state index in [1.165, 1.54) is 0 Å². The molecule has 0 aliphatic rings. The normalized spacial score (nSPS) is 14.2. The van der Waals surface area contributed by atoms with Crippen LogP contribution in [0.25, 0.3) is 0 Å². The van der Waals surface area contributed by atoms with E-state index in [4.69, 9.17) is 10.2 Å². The fourth-order valence-corrected chi connectivity index (χ4v) is 1.22. The molecule has 0 aliphatic carbocycles. The molecule has 0 amide bonds. The van der Waals surface area contributed by atoms with Gasteiger partial charge in [-0.05, 0) is 30.6 Å². The average molecular weight is 218 g/mol. The first-order valence-corrected chi connectivity index (χ1v) is 5.77. The Morgan fingerprint density at radius 2 is 1.33 bits per heavy atom. The molecule has 0 aromatic rings. The summed E-state index contributed by atoms with van der Waals surface area (Å²) in [4.78, 5) is 0. The van der Waals surface area contributed by atoms with E-state index in [0.29, 0.717) is 12.0 Å². The first-order valence-electron chi connectivity index (χ1n) is 5.77. The van der Waals surface area contributed by atoms with Crippen LogP contribution in [-0.4, -0.2) is 22.9 Å². The maximum Gasteiger partial charge on any atom is 0.0517 e. The third-order valence-corrected chi connectivity index (χ3v) is 1.77. The first-order chi connectivity index (χ1) is 6.48. The van der Waals surface area contributed by atoms with Crippen LogP contribution in [0, 0.1) is 10.8 Å². The highest BCUT2D eigenvalue weighted by molar-refractivity contribution is 4.63. The van der Waals surface area contributed by atoms with Crippen molar-refractivity contribution in [3.8, 4) is 0 Å². The molecule has 2 nitrogen and oxygen atoms in total. The minimum absolute atomic E-state index is 0.157. The van der Waals surface area contributed by atoms with Gasteiger partial charge in [0.1, 0.15) is 0 Å². The lowest BCUT2D eigenvalue weighted by atomic mass is 9.90. The van der Waals surface area contributed by atoms with Crippen LogP contribution in [0.15, 0.2) is 0 Å². The van der Waals surface area contributed by atoms with Gasteiger partial charge in [-0.3, -0.25) is 0 Å². The molecule has 0 rings (SSSR count). The third kappa shape index (κ3) is 24.9. The van der Waals surface area contributed by atoms with Crippen molar-refractivity contribution in [1.29, 1.82) is 0 Å². The summed E-state index contributed by atoms with van der Waals surface area (Å²) in [6.45, 7) is 14.9. The number of aliphatic hydroxyl groups excluding tert-OH is 2. The second kappa shape index (κ2) is 7.24. The summed E-state index contributed by atoms with van der Waals surface area (Å²) in [5.74, 6) is 0. The monoisotopic (exact) mass is 218 g/mol. The molecule has 0 saturated carbocycles. The van der Waals surface area contributed by atoms with Crippen LogP contribution < -0.4 is 0 Å². The van der Waals surface area contributed by atoms with Gasteiger partial charge in [-0.15, -0.1) is 0 Å². The highest BCUT2D eigenvalue weighted by Crippen LogP contribution is 2.19. The van der Waals surface area contributed by atoms with Crippen molar-refractivity contribution in [2.45, 2.75) is 67.4 Å². The van der Waals surface area contributed by atoms with Crippen LogP contribution in [0.4, 0.5) is 0 Å². The molecule has 1 unspecified atom stereocenters. The number of hydrogen-bond acceptors (Lipinski definition) is 2. The third-order valence-electron chi connectivity index (χ3n) is 1.77. The maximum atomic E-state index is 8.89. The Kier molecular flexibility index (Phi) is 8.35. The van der Waals surface area contributed by atoms with Crippen molar-refractivity contribution in [1.82, 2.24) is 0 Å². The fraction of sp³-hybridized carbons (Fsp3) is 1.00. The lowest BCUT2D eigenvalue weighted by molar-refractivity contribution is 0.138. The molecule has 0 aliphatic heterocycles. The molecule has 0 aromatic carbocycles. The average Bonchev–Trinajstić information content (AvgIpc) is 1.77. The smallest absolute Gasteiger partial charge is 0.0517 e. The molecule has 15 heavy (non-hydrogen) atoms. The molecule has 2 heteroatoms. The summed E-state index contributed by atoms with van der Waals surface area (Å²) < 4.78 is 0. The highest BCUT2D eigenvalue weighted by atomic mass is 16.3. The summed E-state index contributed by atoms with van der Waals surface area (Å²) in [6.07, 6.45) is 1.62. The van der Waals surface area contributed by atoms with E-state index in [-0.39, 0.29) is 11.5 Å². The number of rotatable bonds is 2. The van der Waals surface area contributed by atoms with Crippen molar-refractivity contribution < 1.29 is 10.2 Å². The van der Waals surface area contributed by atoms with Gasteiger partial charge in [0.05, 0.1) is 6.10 Å². The van der Waals surface area contributed by atoms with E-state index >= 15 is 0 Å². The van der Waals surface area contributed by atoms with Crippen LogP contribution in [0.2, 0.25) is 0 Å². The van der Waals surface area contributed by atoms with Crippen LogP contribution in [-0.2, 0) is 0 Å². The van der Waals surface area contributed by atoms with Gasteiger partial charge in [-0.25, -0.2) is 0 Å². The lowest BCUT2D eigenvalue weighted by Gasteiger charge is -2.19. The van der Waals surface area contributed by atoms with E-state index in [2.05, 4.69) is 41.5 Å². The number of hydrogen-bond donors (Lipinski definition) is 2. The van der Waals surface area contributed by atoms with Crippen LogP contribution in [0.1, 0.15) is 61.3 Å². The minimum Gasteiger partial charge on any atom is -0.396 e. The van der Waals surface area contributed by atoms with Crippen LogP contribution >= 0.6 is 0 Å². The Bertz CT molecular complexity index is 138. The molecular formula is C13H30O2. The van der Waals surface area contributed by atoms with Gasteiger partial charge in [0, 0.05) is 6.61 Å². The summed E-state index contributed by atoms with van der Waals surface area (Å²) in [5, 5.41) is 17.3. The van der Waals surface area contributed by atoms with Crippen molar-refractivity contribution in [3.63, 3.8) is 0 Å². The van der Waals surface area contributed by atoms with Crippen LogP contribution in [0.5, 0.6) is 0 Å². The Morgan fingerprint density at radius 3 is 1.33 bits per heavy atom. The molecule has 0 fully saturated rings. The molecule has 0 spiro atoms. The van der Waals surface area contributed by atoms with Crippen molar-refractivity contribution >= 4 is 0 Å². The van der Waals surface area contributed by atoms with Gasteiger partial charge in [-0.2, -0.15) is 0 Å². The van der Waals surface area contributed by atoms with Gasteiger partial charge in [0.25, 0.3) is 0 Å². The Labute approximate surface area is 95.7 Å². The SMILES string of the molecule is CC(C)(C)CCO.CC(O)CC(C)(C)C. The van der Waals surface area contributed by atoms with E-state index in [0.717, 1.165) is 12.8 Å². The van der Waals surface area contributed by atoms with E-state index in [1.54, 1.807) is 0 Å². The summed E-state index contributed by atoms with van der Waals surface area (Å²) in [5.41, 5.74) is 0.572. The van der Waals surface area contributed by atoms with Crippen molar-refractivity contribution in [2.24, 2.45) is 10.8 Å². The molecule has 0 aromatic heterocycles. The van der Waals surface area contributed by atoms with Gasteiger partial charge in [-0.1, -0.05) is 41.5 Å². The molecular weight excluding hydrogens is 188 g/mol. The van der Waals surface area contributed by atoms with E-state index in [1.807, 2.05) is 6.92 Å². The second-order valence-electron chi connectivity index (χ2n) is 6.65. The molecule has 0 radical (unpaired) electrons. The molecule has 1 atom stereocenters. The maximum absolute atomic E-state index is 8.89. The van der Waals surface area contributed by atoms with Crippen molar-refractivity contribution in [3.05, 3.63) is 0 Å². The highest BCUT2D eigenvalue weighted by Gasteiger charge is 2.12. The number of aliphatic hydroxyl groups is 2. The molecule has 2 N–H and O–H groups in total. The van der Waals surface area contributed by atoms with Gasteiger partial charge in [0.15, 0.2) is 0 Å². The van der Waals surface area contributed by atoms with Gasteiger partial charge in [0.2, 0.25) is 0 Å². The fourth-order valence-electron chi connectivity index (χ4n) is 1.22. The van der Waals surface area contributed by atoms with Gasteiger partial charge < -0.3 is 10.2 Å². The zero-order chi connectivity index (χ0) is 12.7. The van der Waals surface area contributed by atoms with Crippen LogP contribution in [0.3, 0.4) is 0 Å². The van der Waals surface area contributed by atoms with E-state index < -0.39 is 0 Å². The first kappa shape index (κ1) is 17.3. The molecule has 0 heterocycles. The summed E-state index contributed by atoms with van der Waals surface area (Å²) in [7, 11) is 0. The van der Waals surface area contributed by atoms with Gasteiger partial charge >= 0.3 is 0 Å². The Hall–Kier alpha value is -0.0800. The molecule has 94 valence electrons. The van der Waals surface area contributed by atoms with E-state index in [9.17, 15) is 0 Å². The zero-order valence-corrected chi connectivity index (χ0v) is 11.6. The summed E-state index contributed by atoms with van der Waals surface area (Å²) in [6, 6.07) is 0. The molecule has 0 saturated heterocycles. The van der Waals surface area contributed by atoms with Crippen molar-refractivity contribution in [2.75, 3.05) is 6.61 Å². The molecule has 0 bridgehead atoms.